The molecule has 0 saturated heterocycles. The fourth-order valence-corrected chi connectivity index (χ4v) is 1.98. The normalized spacial score (nSPS) is 10.9. The Balaban J connectivity index is 2.63. The number of imidazole rings is 1. The predicted molar refractivity (Wildman–Crippen MR) is 60.9 cm³/mol. The Morgan fingerprint density at radius 2 is 2.38 bits per heavy atom. The molecule has 16 heavy (non-hydrogen) atoms. The fraction of sp³-hybridized carbons (Fsp3) is 0.273. The number of carbonyl (C=O) groups is 1. The molecule has 0 aliphatic rings. The second-order valence-corrected chi connectivity index (χ2v) is 3.86. The highest BCUT2D eigenvalue weighted by molar-refractivity contribution is 6.30. The Morgan fingerprint density at radius 3 is 3.00 bits per heavy atom. The zero-order valence-electron chi connectivity index (χ0n) is 8.77. The minimum atomic E-state index is -0.870. The molecule has 2 heterocycles. The summed E-state index contributed by atoms with van der Waals surface area (Å²) in [4.78, 5) is 15.1. The van der Waals surface area contributed by atoms with Gasteiger partial charge in [-0.3, -0.25) is 9.20 Å². The van der Waals surface area contributed by atoms with E-state index in [-0.39, 0.29) is 6.42 Å². The number of carboxylic acid groups (broad SMARTS) is 1. The smallest absolute Gasteiger partial charge is 0.307 e. The molecule has 2 aromatic rings. The molecule has 0 aromatic carbocycles. The molecule has 0 fully saturated rings. The summed E-state index contributed by atoms with van der Waals surface area (Å²) >= 11 is 6.12. The lowest BCUT2D eigenvalue weighted by atomic mass is 10.2. The number of pyridine rings is 1. The average Bonchev–Trinajstić information content (AvgIpc) is 2.56. The molecule has 2 aromatic heterocycles. The first-order valence-corrected chi connectivity index (χ1v) is 5.37. The third-order valence-corrected chi connectivity index (χ3v) is 2.82. The Bertz CT molecular complexity index is 548. The number of rotatable bonds is 3. The number of hydrogen-bond donors (Lipinski definition) is 1. The van der Waals surface area contributed by atoms with E-state index in [2.05, 4.69) is 4.98 Å². The summed E-state index contributed by atoms with van der Waals surface area (Å²) in [7, 11) is 0. The zero-order chi connectivity index (χ0) is 11.7. The largest absolute Gasteiger partial charge is 0.481 e. The quantitative estimate of drug-likeness (QED) is 0.892. The van der Waals surface area contributed by atoms with Gasteiger partial charge in [-0.1, -0.05) is 24.6 Å². The van der Waals surface area contributed by atoms with Gasteiger partial charge in [-0.05, 0) is 12.5 Å². The number of aryl methyl sites for hydroxylation is 1. The van der Waals surface area contributed by atoms with Gasteiger partial charge < -0.3 is 5.11 Å². The summed E-state index contributed by atoms with van der Waals surface area (Å²) in [5.74, 6) is -0.870. The van der Waals surface area contributed by atoms with Crippen LogP contribution in [-0.2, 0) is 17.6 Å². The van der Waals surface area contributed by atoms with Gasteiger partial charge >= 0.3 is 5.97 Å². The average molecular weight is 239 g/mol. The van der Waals surface area contributed by atoms with Gasteiger partial charge in [-0.2, -0.15) is 0 Å². The fourth-order valence-electron chi connectivity index (χ4n) is 1.67. The van der Waals surface area contributed by atoms with E-state index >= 15 is 0 Å². The number of halogens is 1. The van der Waals surface area contributed by atoms with Crippen LogP contribution < -0.4 is 0 Å². The van der Waals surface area contributed by atoms with E-state index < -0.39 is 5.97 Å². The molecule has 0 amide bonds. The van der Waals surface area contributed by atoms with Crippen molar-refractivity contribution in [1.29, 1.82) is 0 Å². The lowest BCUT2D eigenvalue weighted by Crippen LogP contribution is -2.02. The molecule has 1 N–H and O–H groups in total. The van der Waals surface area contributed by atoms with E-state index in [1.54, 1.807) is 22.7 Å². The summed E-state index contributed by atoms with van der Waals surface area (Å²) in [6.45, 7) is 1.96. The van der Waals surface area contributed by atoms with E-state index in [0.29, 0.717) is 16.4 Å². The van der Waals surface area contributed by atoms with Crippen molar-refractivity contribution < 1.29 is 9.90 Å². The number of aliphatic carboxylic acids is 1. The molecule has 0 bridgehead atoms. The highest BCUT2D eigenvalue weighted by atomic mass is 35.5. The van der Waals surface area contributed by atoms with Gasteiger partial charge in [0.15, 0.2) is 0 Å². The van der Waals surface area contributed by atoms with Crippen LogP contribution in [0.5, 0.6) is 0 Å². The zero-order valence-corrected chi connectivity index (χ0v) is 9.53. The van der Waals surface area contributed by atoms with Crippen LogP contribution in [0.3, 0.4) is 0 Å². The number of fused-ring (bicyclic) bond motifs is 1. The number of hydrogen-bond acceptors (Lipinski definition) is 2. The van der Waals surface area contributed by atoms with Crippen molar-refractivity contribution in [1.82, 2.24) is 9.38 Å². The Hall–Kier alpha value is -1.55. The van der Waals surface area contributed by atoms with Crippen molar-refractivity contribution >= 4 is 23.2 Å². The minimum absolute atomic E-state index is 0.0408. The van der Waals surface area contributed by atoms with Gasteiger partial charge in [0.2, 0.25) is 0 Å². The molecule has 0 radical (unpaired) electrons. The number of carboxylic acids is 1. The van der Waals surface area contributed by atoms with Gasteiger partial charge in [0, 0.05) is 11.8 Å². The van der Waals surface area contributed by atoms with Crippen LogP contribution in [0.15, 0.2) is 18.3 Å². The van der Waals surface area contributed by atoms with Crippen LogP contribution in [-0.4, -0.2) is 20.5 Å². The van der Waals surface area contributed by atoms with Gasteiger partial charge in [0.1, 0.15) is 10.8 Å². The van der Waals surface area contributed by atoms with Crippen molar-refractivity contribution in [3.8, 4) is 0 Å². The second-order valence-electron chi connectivity index (χ2n) is 3.50. The van der Waals surface area contributed by atoms with Crippen LogP contribution in [0, 0.1) is 0 Å². The van der Waals surface area contributed by atoms with E-state index in [0.717, 1.165) is 12.1 Å². The monoisotopic (exact) mass is 238 g/mol. The first-order valence-electron chi connectivity index (χ1n) is 4.99. The number of aromatic nitrogens is 2. The maximum absolute atomic E-state index is 10.7. The SMILES string of the molecule is CCc1nc2c(CC(=O)O)cccn2c1Cl. The number of nitrogens with zero attached hydrogens (tertiary/aromatic N) is 2. The lowest BCUT2D eigenvalue weighted by molar-refractivity contribution is -0.136. The first kappa shape index (κ1) is 11.0. The third kappa shape index (κ3) is 1.76. The van der Waals surface area contributed by atoms with Gasteiger partial charge in [0.05, 0.1) is 12.1 Å². The highest BCUT2D eigenvalue weighted by Gasteiger charge is 2.12. The molecule has 0 saturated carbocycles. The van der Waals surface area contributed by atoms with Crippen LogP contribution in [0.1, 0.15) is 18.2 Å². The summed E-state index contributed by atoms with van der Waals surface area (Å²) in [6.07, 6.45) is 2.48. The topological polar surface area (TPSA) is 54.6 Å². The Labute approximate surface area is 97.5 Å². The van der Waals surface area contributed by atoms with E-state index in [9.17, 15) is 4.79 Å². The molecule has 0 atom stereocenters. The van der Waals surface area contributed by atoms with Crippen LogP contribution in [0.25, 0.3) is 5.65 Å². The molecule has 0 unspecified atom stereocenters. The molecule has 0 spiro atoms. The van der Waals surface area contributed by atoms with Crippen molar-refractivity contribution in [2.24, 2.45) is 0 Å². The van der Waals surface area contributed by atoms with Crippen molar-refractivity contribution in [3.05, 3.63) is 34.7 Å². The molecule has 84 valence electrons. The summed E-state index contributed by atoms with van der Waals surface area (Å²) < 4.78 is 1.72. The van der Waals surface area contributed by atoms with Crippen LogP contribution in [0.2, 0.25) is 5.15 Å². The molecule has 2 rings (SSSR count). The van der Waals surface area contributed by atoms with Gasteiger partial charge in [0.25, 0.3) is 0 Å². The summed E-state index contributed by atoms with van der Waals surface area (Å²) in [5, 5.41) is 9.35. The van der Waals surface area contributed by atoms with Crippen LogP contribution >= 0.6 is 11.6 Å². The summed E-state index contributed by atoms with van der Waals surface area (Å²) in [5.41, 5.74) is 2.10. The Morgan fingerprint density at radius 1 is 1.62 bits per heavy atom. The van der Waals surface area contributed by atoms with Gasteiger partial charge in [-0.15, -0.1) is 0 Å². The minimum Gasteiger partial charge on any atom is -0.481 e. The summed E-state index contributed by atoms with van der Waals surface area (Å²) in [6, 6.07) is 3.53. The van der Waals surface area contributed by atoms with E-state index in [1.807, 2.05) is 6.92 Å². The standard InChI is InChI=1S/C11H11ClN2O2/c1-2-8-10(12)14-5-3-4-7(6-9(15)16)11(14)13-8/h3-5H,2,6H2,1H3,(H,15,16). The molecular formula is C11H11ClN2O2. The maximum atomic E-state index is 10.7. The van der Waals surface area contributed by atoms with Crippen molar-refractivity contribution in [3.63, 3.8) is 0 Å². The molecule has 5 heteroatoms. The van der Waals surface area contributed by atoms with Crippen molar-refractivity contribution in [2.75, 3.05) is 0 Å². The maximum Gasteiger partial charge on any atom is 0.307 e. The predicted octanol–water partition coefficient (Wildman–Crippen LogP) is 2.18. The second kappa shape index (κ2) is 4.14. The highest BCUT2D eigenvalue weighted by Crippen LogP contribution is 2.21. The molecule has 4 nitrogen and oxygen atoms in total. The molecule has 0 aliphatic carbocycles. The first-order chi connectivity index (χ1) is 7.63. The molecule has 0 aliphatic heterocycles. The van der Waals surface area contributed by atoms with E-state index in [4.69, 9.17) is 16.7 Å². The Kier molecular flexibility index (Phi) is 2.83. The molecular weight excluding hydrogens is 228 g/mol. The lowest BCUT2D eigenvalue weighted by Gasteiger charge is -2.00. The van der Waals surface area contributed by atoms with E-state index in [1.165, 1.54) is 0 Å². The van der Waals surface area contributed by atoms with Crippen molar-refractivity contribution in [2.45, 2.75) is 19.8 Å². The van der Waals surface area contributed by atoms with Gasteiger partial charge in [-0.25, -0.2) is 4.98 Å². The van der Waals surface area contributed by atoms with Crippen LogP contribution in [0.4, 0.5) is 0 Å². The third-order valence-electron chi connectivity index (χ3n) is 2.42.